The number of nitrogens with zero attached hydrogens (tertiary/aromatic N) is 2. The van der Waals surface area contributed by atoms with Gasteiger partial charge in [-0.05, 0) is 71.3 Å². The van der Waals surface area contributed by atoms with Gasteiger partial charge in [0.05, 0.1) is 5.52 Å². The lowest BCUT2D eigenvalue weighted by molar-refractivity contribution is 0.0937. The van der Waals surface area contributed by atoms with Crippen molar-refractivity contribution in [2.24, 2.45) is 0 Å². The molecule has 4 rings (SSSR count). The molecule has 1 amide bonds. The number of halogens is 1. The Bertz CT molecular complexity index is 916. The number of nitrogens with one attached hydrogen (secondary N) is 2. The van der Waals surface area contributed by atoms with Crippen LogP contribution in [-0.2, 0) is 5.41 Å². The number of benzene rings is 1. The van der Waals surface area contributed by atoms with E-state index in [4.69, 9.17) is 0 Å². The molecular weight excluding hydrogens is 439 g/mol. The van der Waals surface area contributed by atoms with Crippen LogP contribution >= 0.6 is 22.6 Å². The summed E-state index contributed by atoms with van der Waals surface area (Å²) >= 11 is 2.18. The Morgan fingerprint density at radius 3 is 2.69 bits per heavy atom. The maximum atomic E-state index is 12.8. The summed E-state index contributed by atoms with van der Waals surface area (Å²) in [7, 11) is 0. The van der Waals surface area contributed by atoms with E-state index in [1.807, 2.05) is 30.6 Å². The fraction of sp³-hybridized carbons (Fsp3) is 0.350. The summed E-state index contributed by atoms with van der Waals surface area (Å²) in [5.74, 6) is -0.0251. The topological polar surface area (TPSA) is 70.7 Å². The maximum Gasteiger partial charge on any atom is 0.251 e. The van der Waals surface area contributed by atoms with Gasteiger partial charge in [-0.3, -0.25) is 14.9 Å². The van der Waals surface area contributed by atoms with Gasteiger partial charge >= 0.3 is 0 Å². The van der Waals surface area contributed by atoms with E-state index in [9.17, 15) is 4.79 Å². The van der Waals surface area contributed by atoms with Crippen molar-refractivity contribution in [3.63, 3.8) is 0 Å². The molecule has 0 radical (unpaired) electrons. The largest absolute Gasteiger partial charge is 0.351 e. The summed E-state index contributed by atoms with van der Waals surface area (Å²) < 4.78 is 0.882. The molecule has 3 aromatic rings. The predicted octanol–water partition coefficient (Wildman–Crippen LogP) is 4.19. The second-order valence-corrected chi connectivity index (χ2v) is 8.06. The van der Waals surface area contributed by atoms with E-state index in [-0.39, 0.29) is 11.3 Å². The second-order valence-electron chi connectivity index (χ2n) is 7.03. The number of pyridine rings is 1. The molecule has 5 nitrogen and oxygen atoms in total. The van der Waals surface area contributed by atoms with Crippen LogP contribution in [0.5, 0.6) is 0 Å². The van der Waals surface area contributed by atoms with Crippen molar-refractivity contribution < 1.29 is 4.79 Å². The lowest BCUT2D eigenvalue weighted by atomic mass is 9.69. The van der Waals surface area contributed by atoms with Crippen LogP contribution in [0.3, 0.4) is 0 Å². The molecule has 1 saturated carbocycles. The Balaban J connectivity index is 1.55. The van der Waals surface area contributed by atoms with Crippen LogP contribution in [0.25, 0.3) is 10.9 Å². The first kappa shape index (κ1) is 17.5. The molecule has 0 atom stereocenters. The Morgan fingerprint density at radius 1 is 1.15 bits per heavy atom. The van der Waals surface area contributed by atoms with Gasteiger partial charge in [-0.15, -0.1) is 0 Å². The van der Waals surface area contributed by atoms with E-state index in [1.54, 1.807) is 0 Å². The van der Waals surface area contributed by atoms with Crippen molar-refractivity contribution in [1.29, 1.82) is 0 Å². The molecule has 26 heavy (non-hydrogen) atoms. The first-order valence-electron chi connectivity index (χ1n) is 9.00. The van der Waals surface area contributed by atoms with Gasteiger partial charge in [0.15, 0.2) is 0 Å². The van der Waals surface area contributed by atoms with Crippen LogP contribution in [0, 0.1) is 3.70 Å². The number of carbonyl (C=O) groups excluding carboxylic acids is 1. The summed E-state index contributed by atoms with van der Waals surface area (Å²) in [6, 6.07) is 9.87. The van der Waals surface area contributed by atoms with Crippen LogP contribution in [-0.4, -0.2) is 27.6 Å². The van der Waals surface area contributed by atoms with Crippen LogP contribution in [0.2, 0.25) is 0 Å². The molecule has 0 spiro atoms. The van der Waals surface area contributed by atoms with E-state index in [2.05, 4.69) is 55.2 Å². The third-order valence-electron chi connectivity index (χ3n) is 5.47. The fourth-order valence-electron chi connectivity index (χ4n) is 3.98. The molecule has 1 aliphatic rings. The number of carbonyl (C=O) groups is 1. The van der Waals surface area contributed by atoms with Crippen molar-refractivity contribution in [3.8, 4) is 0 Å². The molecule has 134 valence electrons. The quantitative estimate of drug-likeness (QED) is 0.574. The minimum atomic E-state index is -0.0251. The number of rotatable bonds is 4. The van der Waals surface area contributed by atoms with Gasteiger partial charge in [0, 0.05) is 35.3 Å². The Labute approximate surface area is 166 Å². The van der Waals surface area contributed by atoms with Gasteiger partial charge in [0.1, 0.15) is 3.70 Å². The number of hydrogen-bond donors (Lipinski definition) is 2. The number of hydrogen-bond acceptors (Lipinski definition) is 3. The molecule has 2 N–H and O–H groups in total. The third kappa shape index (κ3) is 3.34. The number of amides is 1. The Hall–Kier alpha value is -1.96. The monoisotopic (exact) mass is 460 g/mol. The summed E-state index contributed by atoms with van der Waals surface area (Å²) in [5.41, 5.74) is 2.93. The smallest absolute Gasteiger partial charge is 0.251 e. The number of fused-ring (bicyclic) bond motifs is 1. The average molecular weight is 460 g/mol. The zero-order valence-corrected chi connectivity index (χ0v) is 16.6. The molecule has 0 aliphatic heterocycles. The molecule has 6 heteroatoms. The summed E-state index contributed by atoms with van der Waals surface area (Å²) in [4.78, 5) is 16.9. The fourth-order valence-corrected chi connectivity index (χ4v) is 4.54. The van der Waals surface area contributed by atoms with E-state index in [0.717, 1.165) is 27.4 Å². The molecule has 2 aromatic heterocycles. The maximum absolute atomic E-state index is 12.8. The van der Waals surface area contributed by atoms with Gasteiger partial charge < -0.3 is 5.32 Å². The highest BCUT2D eigenvalue weighted by Crippen LogP contribution is 2.38. The zero-order valence-electron chi connectivity index (χ0n) is 14.5. The SMILES string of the molecule is O=C(NCC1(c2ccncc2)CCCCC1)c1ccc2[nH]nc(I)c2c1. The predicted molar refractivity (Wildman–Crippen MR) is 110 cm³/mol. The molecular formula is C20H21IN4O. The highest BCUT2D eigenvalue weighted by atomic mass is 127. The van der Waals surface area contributed by atoms with Crippen LogP contribution in [0.4, 0.5) is 0 Å². The first-order chi connectivity index (χ1) is 12.7. The van der Waals surface area contributed by atoms with E-state index >= 15 is 0 Å². The number of H-pyrrole nitrogens is 1. The number of aromatic amines is 1. The first-order valence-corrected chi connectivity index (χ1v) is 10.1. The van der Waals surface area contributed by atoms with Crippen molar-refractivity contribution in [1.82, 2.24) is 20.5 Å². The van der Waals surface area contributed by atoms with E-state index < -0.39 is 0 Å². The Kier molecular flexibility index (Phi) is 4.93. The normalized spacial score (nSPS) is 16.5. The molecule has 0 bridgehead atoms. The number of aromatic nitrogens is 3. The molecule has 1 fully saturated rings. The van der Waals surface area contributed by atoms with E-state index in [0.29, 0.717) is 12.1 Å². The van der Waals surface area contributed by atoms with Gasteiger partial charge in [-0.2, -0.15) is 5.10 Å². The van der Waals surface area contributed by atoms with Crippen molar-refractivity contribution >= 4 is 39.4 Å². The van der Waals surface area contributed by atoms with Crippen molar-refractivity contribution in [2.75, 3.05) is 6.54 Å². The van der Waals surface area contributed by atoms with Gasteiger partial charge in [0.25, 0.3) is 5.91 Å². The minimum Gasteiger partial charge on any atom is -0.351 e. The van der Waals surface area contributed by atoms with Crippen molar-refractivity contribution in [2.45, 2.75) is 37.5 Å². The van der Waals surface area contributed by atoms with E-state index in [1.165, 1.54) is 24.8 Å². The third-order valence-corrected chi connectivity index (χ3v) is 6.29. The summed E-state index contributed by atoms with van der Waals surface area (Å²) in [6.07, 6.45) is 9.60. The molecule has 1 aliphatic carbocycles. The summed E-state index contributed by atoms with van der Waals surface area (Å²) in [6.45, 7) is 0.663. The standard InChI is InChI=1S/C20H21IN4O/c21-18-16-12-14(4-5-17(16)24-25-18)19(26)23-13-20(8-2-1-3-9-20)15-6-10-22-11-7-15/h4-7,10-12H,1-3,8-9,13H2,(H,23,26)(H,24,25). The highest BCUT2D eigenvalue weighted by Gasteiger charge is 2.34. The van der Waals surface area contributed by atoms with Crippen LogP contribution in [0.1, 0.15) is 48.0 Å². The van der Waals surface area contributed by atoms with Gasteiger partial charge in [-0.25, -0.2) is 0 Å². The minimum absolute atomic E-state index is 0.0189. The van der Waals surface area contributed by atoms with Gasteiger partial charge in [0.2, 0.25) is 0 Å². The lowest BCUT2D eigenvalue weighted by Crippen LogP contribution is -2.42. The molecule has 1 aromatic carbocycles. The molecule has 0 saturated heterocycles. The molecule has 0 unspecified atom stereocenters. The highest BCUT2D eigenvalue weighted by molar-refractivity contribution is 14.1. The summed E-state index contributed by atoms with van der Waals surface area (Å²) in [5, 5.41) is 11.3. The van der Waals surface area contributed by atoms with Crippen molar-refractivity contribution in [3.05, 3.63) is 57.6 Å². The molecule has 2 heterocycles. The zero-order chi connectivity index (χ0) is 18.0. The van der Waals surface area contributed by atoms with Crippen LogP contribution < -0.4 is 5.32 Å². The Morgan fingerprint density at radius 2 is 1.92 bits per heavy atom. The second kappa shape index (κ2) is 7.34. The average Bonchev–Trinajstić information content (AvgIpc) is 3.08. The lowest BCUT2D eigenvalue weighted by Gasteiger charge is -2.38. The van der Waals surface area contributed by atoms with Gasteiger partial charge in [-0.1, -0.05) is 19.3 Å². The van der Waals surface area contributed by atoms with Crippen LogP contribution in [0.15, 0.2) is 42.7 Å².